The Morgan fingerprint density at radius 3 is 2.33 bits per heavy atom. The van der Waals surface area contributed by atoms with Gasteiger partial charge in [-0.1, -0.05) is 37.7 Å². The Labute approximate surface area is 129 Å². The van der Waals surface area contributed by atoms with Crippen molar-refractivity contribution in [3.8, 4) is 0 Å². The molecule has 110 valence electrons. The van der Waals surface area contributed by atoms with Crippen LogP contribution in [0.1, 0.15) is 31.7 Å². The van der Waals surface area contributed by atoms with E-state index in [1.807, 2.05) is 0 Å². The first-order valence-electron chi connectivity index (χ1n) is 7.31. The molecule has 0 radical (unpaired) electrons. The van der Waals surface area contributed by atoms with Crippen LogP contribution in [0.15, 0.2) is 24.3 Å². The molecular formula is C16H18N2O2S. The Kier molecular flexibility index (Phi) is 3.53. The summed E-state index contributed by atoms with van der Waals surface area (Å²) < 4.78 is 0. The topological polar surface area (TPSA) is 63.4 Å². The Morgan fingerprint density at radius 1 is 1.24 bits per heavy atom. The summed E-state index contributed by atoms with van der Waals surface area (Å²) in [4.78, 5) is 26.8. The van der Waals surface area contributed by atoms with Gasteiger partial charge in [-0.05, 0) is 30.9 Å². The molecule has 2 aliphatic rings. The van der Waals surface area contributed by atoms with Crippen molar-refractivity contribution in [3.63, 3.8) is 0 Å². The first-order valence-corrected chi connectivity index (χ1v) is 7.72. The summed E-state index contributed by atoms with van der Waals surface area (Å²) in [5.74, 6) is -0.0288. The number of benzene rings is 1. The number of anilines is 1. The van der Waals surface area contributed by atoms with Crippen molar-refractivity contribution < 1.29 is 9.59 Å². The summed E-state index contributed by atoms with van der Waals surface area (Å²) in [6.45, 7) is 2.11. The van der Waals surface area contributed by atoms with Crippen LogP contribution in [0.25, 0.3) is 0 Å². The number of hydrogen-bond donors (Lipinski definition) is 1. The molecule has 2 amide bonds. The average Bonchev–Trinajstić information content (AvgIpc) is 2.99. The third kappa shape index (κ3) is 2.16. The summed E-state index contributed by atoms with van der Waals surface area (Å²) >= 11 is 5.03. The van der Waals surface area contributed by atoms with Gasteiger partial charge < -0.3 is 5.73 Å². The van der Waals surface area contributed by atoms with E-state index in [0.717, 1.165) is 19.3 Å². The van der Waals surface area contributed by atoms with Crippen LogP contribution in [-0.4, -0.2) is 16.8 Å². The molecule has 0 spiro atoms. The number of thiocarbonyl (C=S) groups is 1. The van der Waals surface area contributed by atoms with E-state index in [2.05, 4.69) is 6.92 Å². The maximum Gasteiger partial charge on any atom is 0.237 e. The van der Waals surface area contributed by atoms with Gasteiger partial charge in [-0.3, -0.25) is 9.59 Å². The number of para-hydroxylation sites is 1. The normalized spacial score (nSPS) is 28.0. The highest BCUT2D eigenvalue weighted by Gasteiger charge is 2.53. The molecule has 0 bridgehead atoms. The predicted molar refractivity (Wildman–Crippen MR) is 84.8 cm³/mol. The monoisotopic (exact) mass is 302 g/mol. The molecule has 4 nitrogen and oxygen atoms in total. The zero-order chi connectivity index (χ0) is 15.1. The molecule has 0 aromatic heterocycles. The van der Waals surface area contributed by atoms with Crippen molar-refractivity contribution in [2.75, 3.05) is 4.90 Å². The minimum Gasteiger partial charge on any atom is -0.389 e. The number of rotatable bonds is 3. The van der Waals surface area contributed by atoms with Crippen molar-refractivity contribution in [3.05, 3.63) is 29.8 Å². The fourth-order valence-electron chi connectivity index (χ4n) is 3.58. The van der Waals surface area contributed by atoms with Gasteiger partial charge in [0, 0.05) is 5.56 Å². The van der Waals surface area contributed by atoms with Gasteiger partial charge in [-0.15, -0.1) is 0 Å². The first kappa shape index (κ1) is 14.2. The van der Waals surface area contributed by atoms with Gasteiger partial charge in [0.1, 0.15) is 4.99 Å². The maximum atomic E-state index is 12.7. The second-order valence-corrected chi connectivity index (χ2v) is 6.29. The average molecular weight is 302 g/mol. The number of carbonyl (C=O) groups is 2. The van der Waals surface area contributed by atoms with E-state index in [0.29, 0.717) is 17.2 Å². The lowest BCUT2D eigenvalue weighted by Gasteiger charge is -2.20. The van der Waals surface area contributed by atoms with E-state index in [1.165, 1.54) is 4.90 Å². The van der Waals surface area contributed by atoms with Crippen LogP contribution >= 0.6 is 12.2 Å². The molecular weight excluding hydrogens is 284 g/mol. The van der Waals surface area contributed by atoms with Crippen molar-refractivity contribution >= 4 is 34.7 Å². The third-order valence-electron chi connectivity index (χ3n) is 4.72. The van der Waals surface area contributed by atoms with E-state index in [9.17, 15) is 9.59 Å². The highest BCUT2D eigenvalue weighted by Crippen LogP contribution is 2.45. The number of fused-ring (bicyclic) bond motifs is 1. The molecule has 1 aliphatic carbocycles. The predicted octanol–water partition coefficient (Wildman–Crippen LogP) is 2.25. The molecule has 3 rings (SSSR count). The van der Waals surface area contributed by atoms with Gasteiger partial charge in [-0.2, -0.15) is 0 Å². The molecule has 1 aromatic rings. The SMILES string of the molecule is CCC1CC2C(=O)N(c3ccccc3C(N)=S)C(=O)C2C1. The van der Waals surface area contributed by atoms with Crippen molar-refractivity contribution in [2.45, 2.75) is 26.2 Å². The molecule has 2 N–H and O–H groups in total. The summed E-state index contributed by atoms with van der Waals surface area (Å²) in [6.07, 6.45) is 2.66. The van der Waals surface area contributed by atoms with E-state index < -0.39 is 0 Å². The summed E-state index contributed by atoms with van der Waals surface area (Å²) in [5.41, 5.74) is 6.83. The van der Waals surface area contributed by atoms with Gasteiger partial charge >= 0.3 is 0 Å². The Balaban J connectivity index is 1.98. The smallest absolute Gasteiger partial charge is 0.237 e. The summed E-state index contributed by atoms with van der Waals surface area (Å²) in [6, 6.07) is 7.08. The van der Waals surface area contributed by atoms with Crippen LogP contribution in [0.2, 0.25) is 0 Å². The Morgan fingerprint density at radius 2 is 1.81 bits per heavy atom. The molecule has 1 heterocycles. The minimum absolute atomic E-state index is 0.0929. The number of nitrogens with two attached hydrogens (primary N) is 1. The van der Waals surface area contributed by atoms with Crippen LogP contribution in [0, 0.1) is 17.8 Å². The van der Waals surface area contributed by atoms with E-state index in [4.69, 9.17) is 18.0 Å². The largest absolute Gasteiger partial charge is 0.389 e. The van der Waals surface area contributed by atoms with Crippen molar-refractivity contribution in [2.24, 2.45) is 23.5 Å². The van der Waals surface area contributed by atoms with Crippen LogP contribution < -0.4 is 10.6 Å². The number of amides is 2. The minimum atomic E-state index is -0.165. The molecule has 1 aromatic carbocycles. The molecule has 21 heavy (non-hydrogen) atoms. The number of carbonyl (C=O) groups excluding carboxylic acids is 2. The second-order valence-electron chi connectivity index (χ2n) is 5.85. The molecule has 2 unspecified atom stereocenters. The van der Waals surface area contributed by atoms with Gasteiger partial charge in [0.15, 0.2) is 0 Å². The molecule has 2 atom stereocenters. The Hall–Kier alpha value is -1.75. The second kappa shape index (κ2) is 5.22. The molecule has 1 saturated carbocycles. The number of imide groups is 1. The lowest BCUT2D eigenvalue weighted by molar-refractivity contribution is -0.123. The quantitative estimate of drug-likeness (QED) is 0.687. The van der Waals surface area contributed by atoms with E-state index in [-0.39, 0.29) is 28.6 Å². The lowest BCUT2D eigenvalue weighted by atomic mass is 10.00. The first-order chi connectivity index (χ1) is 10.0. The van der Waals surface area contributed by atoms with Gasteiger partial charge in [-0.25, -0.2) is 4.90 Å². The van der Waals surface area contributed by atoms with Crippen LogP contribution in [-0.2, 0) is 9.59 Å². The zero-order valence-electron chi connectivity index (χ0n) is 11.9. The highest BCUT2D eigenvalue weighted by molar-refractivity contribution is 7.80. The van der Waals surface area contributed by atoms with Gasteiger partial charge in [0.05, 0.1) is 17.5 Å². The van der Waals surface area contributed by atoms with Gasteiger partial charge in [0.2, 0.25) is 11.8 Å². The zero-order valence-corrected chi connectivity index (χ0v) is 12.7. The summed E-state index contributed by atoms with van der Waals surface area (Å²) in [7, 11) is 0. The van der Waals surface area contributed by atoms with Gasteiger partial charge in [0.25, 0.3) is 0 Å². The molecule has 1 aliphatic heterocycles. The summed E-state index contributed by atoms with van der Waals surface area (Å²) in [5, 5.41) is 0. The van der Waals surface area contributed by atoms with Crippen molar-refractivity contribution in [1.82, 2.24) is 0 Å². The fraction of sp³-hybridized carbons (Fsp3) is 0.438. The van der Waals surface area contributed by atoms with E-state index >= 15 is 0 Å². The number of nitrogens with zero attached hydrogens (tertiary/aromatic N) is 1. The number of hydrogen-bond acceptors (Lipinski definition) is 3. The Bertz CT molecular complexity index is 604. The van der Waals surface area contributed by atoms with Crippen LogP contribution in [0.5, 0.6) is 0 Å². The highest BCUT2D eigenvalue weighted by atomic mass is 32.1. The van der Waals surface area contributed by atoms with Crippen LogP contribution in [0.4, 0.5) is 5.69 Å². The molecule has 2 fully saturated rings. The molecule has 5 heteroatoms. The van der Waals surface area contributed by atoms with Crippen LogP contribution in [0.3, 0.4) is 0 Å². The lowest BCUT2D eigenvalue weighted by Crippen LogP contribution is -2.34. The standard InChI is InChI=1S/C16H18N2O2S/c1-2-9-7-11-12(8-9)16(20)18(15(11)19)13-6-4-3-5-10(13)14(17)21/h3-6,9,11-12H,2,7-8H2,1H3,(H2,17,21). The van der Waals surface area contributed by atoms with E-state index in [1.54, 1.807) is 24.3 Å². The fourth-order valence-corrected chi connectivity index (χ4v) is 3.75. The maximum absolute atomic E-state index is 12.7. The molecule has 1 saturated heterocycles. The van der Waals surface area contributed by atoms with Crippen molar-refractivity contribution in [1.29, 1.82) is 0 Å². The third-order valence-corrected chi connectivity index (χ3v) is 4.94.